The zero-order valence-corrected chi connectivity index (χ0v) is 24.4. The van der Waals surface area contributed by atoms with E-state index in [4.69, 9.17) is 14.6 Å². The van der Waals surface area contributed by atoms with Crippen molar-refractivity contribution in [2.75, 3.05) is 37.9 Å². The summed E-state index contributed by atoms with van der Waals surface area (Å²) in [5.74, 6) is 1.40. The van der Waals surface area contributed by atoms with Gasteiger partial charge < -0.3 is 25.0 Å². The summed E-state index contributed by atoms with van der Waals surface area (Å²) in [5.41, 5.74) is 4.95. The van der Waals surface area contributed by atoms with Crippen molar-refractivity contribution in [3.05, 3.63) is 84.1 Å². The van der Waals surface area contributed by atoms with Crippen molar-refractivity contribution in [1.82, 2.24) is 14.7 Å². The lowest BCUT2D eigenvalue weighted by molar-refractivity contribution is -0.116. The first-order valence-corrected chi connectivity index (χ1v) is 13.5. The van der Waals surface area contributed by atoms with E-state index in [0.29, 0.717) is 29.5 Å². The molecular formula is C32H37N5O4. The van der Waals surface area contributed by atoms with Crippen LogP contribution < -0.4 is 20.1 Å². The van der Waals surface area contributed by atoms with Crippen LogP contribution in [0.25, 0.3) is 16.8 Å². The van der Waals surface area contributed by atoms with Gasteiger partial charge in [-0.25, -0.2) is 9.48 Å². The molecule has 4 rings (SSSR count). The number of aryl methyl sites for hydroxylation is 2. The summed E-state index contributed by atoms with van der Waals surface area (Å²) in [6.45, 7) is 8.15. The predicted octanol–water partition coefficient (Wildman–Crippen LogP) is 6.30. The van der Waals surface area contributed by atoms with Gasteiger partial charge in [-0.05, 0) is 49.6 Å². The van der Waals surface area contributed by atoms with Crippen LogP contribution in [0.3, 0.4) is 0 Å². The van der Waals surface area contributed by atoms with Crippen molar-refractivity contribution in [3.8, 4) is 28.3 Å². The lowest BCUT2D eigenvalue weighted by atomic mass is 10.1. The summed E-state index contributed by atoms with van der Waals surface area (Å²) >= 11 is 0. The Morgan fingerprint density at radius 1 is 0.927 bits per heavy atom. The van der Waals surface area contributed by atoms with E-state index in [1.807, 2.05) is 82.3 Å². The third kappa shape index (κ3) is 7.05. The maximum Gasteiger partial charge on any atom is 0.322 e. The first-order chi connectivity index (χ1) is 19.7. The molecule has 1 heterocycles. The molecule has 0 saturated carbocycles. The second-order valence-corrected chi connectivity index (χ2v) is 10.2. The molecule has 2 N–H and O–H groups in total. The number of carbonyl (C=O) groups excluding carboxylic acids is 2. The number of hydrogen-bond acceptors (Lipinski definition) is 5. The third-order valence-electron chi connectivity index (χ3n) is 6.52. The zero-order chi connectivity index (χ0) is 29.5. The predicted molar refractivity (Wildman–Crippen MR) is 162 cm³/mol. The molecule has 3 amide bonds. The fraction of sp³-hybridized carbons (Fsp3) is 0.281. The highest BCUT2D eigenvalue weighted by Crippen LogP contribution is 2.34. The van der Waals surface area contributed by atoms with Crippen LogP contribution in [0.4, 0.5) is 16.3 Å². The van der Waals surface area contributed by atoms with Gasteiger partial charge in [0, 0.05) is 18.2 Å². The average molecular weight is 556 g/mol. The van der Waals surface area contributed by atoms with Crippen LogP contribution in [0.15, 0.2) is 72.8 Å². The molecule has 3 aromatic carbocycles. The van der Waals surface area contributed by atoms with Crippen LogP contribution in [0, 0.1) is 19.8 Å². The summed E-state index contributed by atoms with van der Waals surface area (Å²) in [6, 6.07) is 22.5. The van der Waals surface area contributed by atoms with E-state index in [1.165, 1.54) is 12.0 Å². The molecule has 0 fully saturated rings. The Morgan fingerprint density at radius 2 is 1.63 bits per heavy atom. The molecule has 9 heteroatoms. The minimum absolute atomic E-state index is 0.131. The van der Waals surface area contributed by atoms with E-state index in [0.717, 1.165) is 28.1 Å². The summed E-state index contributed by atoms with van der Waals surface area (Å²) in [4.78, 5) is 28.5. The van der Waals surface area contributed by atoms with Gasteiger partial charge in [0.2, 0.25) is 5.91 Å². The maximum absolute atomic E-state index is 13.6. The Balaban J connectivity index is 1.63. The molecule has 0 aliphatic carbocycles. The molecule has 0 atom stereocenters. The zero-order valence-electron chi connectivity index (χ0n) is 24.4. The Labute approximate surface area is 241 Å². The van der Waals surface area contributed by atoms with Crippen LogP contribution in [-0.4, -0.2) is 53.9 Å². The van der Waals surface area contributed by atoms with Crippen LogP contribution in [-0.2, 0) is 4.79 Å². The molecule has 0 saturated heterocycles. The summed E-state index contributed by atoms with van der Waals surface area (Å²) in [7, 11) is 3.08. The Hall–Kier alpha value is -4.79. The van der Waals surface area contributed by atoms with Gasteiger partial charge in [-0.3, -0.25) is 4.79 Å². The van der Waals surface area contributed by atoms with Crippen molar-refractivity contribution in [1.29, 1.82) is 0 Å². The van der Waals surface area contributed by atoms with E-state index in [2.05, 4.69) is 10.6 Å². The number of rotatable bonds is 10. The standard InChI is InChI=1S/C32H37N5O4/c1-21(2)19-36(32(39)33-27-17-16-26(40-5)18-28(27)41-6)20-29(38)34-31-30(24-10-8-7-9-11-24)23(4)35-37(31)25-14-12-22(3)13-15-25/h7-18,21H,19-20H2,1-6H3,(H,33,39)(H,34,38). The summed E-state index contributed by atoms with van der Waals surface area (Å²) in [5, 5.41) is 10.7. The van der Waals surface area contributed by atoms with Crippen LogP contribution >= 0.6 is 0 Å². The highest BCUT2D eigenvalue weighted by molar-refractivity contribution is 5.99. The molecule has 0 aliphatic rings. The molecule has 1 aromatic heterocycles. The number of methoxy groups -OCH3 is 2. The van der Waals surface area contributed by atoms with Crippen molar-refractivity contribution in [2.24, 2.45) is 5.92 Å². The first kappa shape index (κ1) is 29.2. The number of anilines is 2. The number of amides is 3. The number of hydrogen-bond donors (Lipinski definition) is 2. The van der Waals surface area contributed by atoms with Crippen LogP contribution in [0.2, 0.25) is 0 Å². The molecule has 0 unspecified atom stereocenters. The molecule has 9 nitrogen and oxygen atoms in total. The Morgan fingerprint density at radius 3 is 2.27 bits per heavy atom. The minimum atomic E-state index is -0.413. The number of benzene rings is 3. The van der Waals surface area contributed by atoms with Gasteiger partial charge in [0.15, 0.2) is 0 Å². The van der Waals surface area contributed by atoms with Crippen LogP contribution in [0.5, 0.6) is 11.5 Å². The lowest BCUT2D eigenvalue weighted by Gasteiger charge is -2.25. The van der Waals surface area contributed by atoms with Gasteiger partial charge in [-0.2, -0.15) is 5.10 Å². The Bertz CT molecular complexity index is 1500. The van der Waals surface area contributed by atoms with Crippen molar-refractivity contribution in [3.63, 3.8) is 0 Å². The Kier molecular flexibility index (Phi) is 9.29. The van der Waals surface area contributed by atoms with Gasteiger partial charge >= 0.3 is 6.03 Å². The quantitative estimate of drug-likeness (QED) is 0.239. The van der Waals surface area contributed by atoms with Crippen molar-refractivity contribution in [2.45, 2.75) is 27.7 Å². The maximum atomic E-state index is 13.6. The molecule has 214 valence electrons. The molecule has 0 radical (unpaired) electrons. The van der Waals surface area contributed by atoms with Gasteiger partial charge in [-0.15, -0.1) is 0 Å². The molecule has 0 aliphatic heterocycles. The highest BCUT2D eigenvalue weighted by Gasteiger charge is 2.24. The van der Waals surface area contributed by atoms with E-state index in [-0.39, 0.29) is 18.4 Å². The summed E-state index contributed by atoms with van der Waals surface area (Å²) < 4.78 is 12.4. The number of carbonyl (C=O) groups is 2. The third-order valence-corrected chi connectivity index (χ3v) is 6.52. The molecule has 0 spiro atoms. The average Bonchev–Trinajstić information content (AvgIpc) is 3.28. The van der Waals surface area contributed by atoms with E-state index in [9.17, 15) is 9.59 Å². The van der Waals surface area contributed by atoms with Crippen molar-refractivity contribution >= 4 is 23.4 Å². The second kappa shape index (κ2) is 13.0. The number of nitrogens with zero attached hydrogens (tertiary/aromatic N) is 3. The highest BCUT2D eigenvalue weighted by atomic mass is 16.5. The van der Waals surface area contributed by atoms with E-state index in [1.54, 1.807) is 30.0 Å². The van der Waals surface area contributed by atoms with Gasteiger partial charge in [0.05, 0.1) is 31.3 Å². The minimum Gasteiger partial charge on any atom is -0.497 e. The largest absolute Gasteiger partial charge is 0.497 e. The fourth-order valence-electron chi connectivity index (χ4n) is 4.57. The first-order valence-electron chi connectivity index (χ1n) is 13.5. The number of aromatic nitrogens is 2. The molecule has 0 bridgehead atoms. The number of nitrogens with one attached hydrogen (secondary N) is 2. The SMILES string of the molecule is COc1ccc(NC(=O)N(CC(=O)Nc2c(-c3ccccc3)c(C)nn2-c2ccc(C)cc2)CC(C)C)c(OC)c1. The number of ether oxygens (including phenoxy) is 2. The monoisotopic (exact) mass is 555 g/mol. The summed E-state index contributed by atoms with van der Waals surface area (Å²) in [6.07, 6.45) is 0. The van der Waals surface area contributed by atoms with Gasteiger partial charge in [0.25, 0.3) is 0 Å². The van der Waals surface area contributed by atoms with Crippen molar-refractivity contribution < 1.29 is 19.1 Å². The van der Waals surface area contributed by atoms with Gasteiger partial charge in [0.1, 0.15) is 23.9 Å². The molecular weight excluding hydrogens is 518 g/mol. The normalized spacial score (nSPS) is 10.8. The molecule has 41 heavy (non-hydrogen) atoms. The number of urea groups is 1. The van der Waals surface area contributed by atoms with Gasteiger partial charge in [-0.1, -0.05) is 61.9 Å². The van der Waals surface area contributed by atoms with Crippen LogP contribution in [0.1, 0.15) is 25.1 Å². The fourth-order valence-corrected chi connectivity index (χ4v) is 4.57. The lowest BCUT2D eigenvalue weighted by Crippen LogP contribution is -2.42. The van der Waals surface area contributed by atoms with E-state index < -0.39 is 6.03 Å². The molecule has 4 aromatic rings. The smallest absolute Gasteiger partial charge is 0.322 e. The second-order valence-electron chi connectivity index (χ2n) is 10.2. The van der Waals surface area contributed by atoms with E-state index >= 15 is 0 Å². The topological polar surface area (TPSA) is 97.7 Å².